The molecule has 2 aliphatic rings. The van der Waals surface area contributed by atoms with Crippen molar-refractivity contribution in [3.63, 3.8) is 0 Å². The summed E-state index contributed by atoms with van der Waals surface area (Å²) in [6.45, 7) is 4.85. The largest absolute Gasteiger partial charge is 0.399 e. The van der Waals surface area contributed by atoms with E-state index in [9.17, 15) is 19.2 Å². The Morgan fingerprint density at radius 2 is 1.15 bits per heavy atom. The SMILES string of the molecule is C.CC1(NC(=O)c2ccc(N)cc2)CCCC(Nc2ncc(Cl)c(-c3c[nH]c4ccccc34)n2)C1.CN(C)C/C=C/C(=O)Nc1ccc(C(=O)NC2(C)CCCC(Nc3ncc(Cl)c(-c4c[nH]c5ccccc45)n3)C2)cc1.O=C(Cl)/C=C/CBr. The average molecular weight is 1260 g/mol. The summed E-state index contributed by atoms with van der Waals surface area (Å²) >= 11 is 21.0. The molecule has 440 valence electrons. The summed E-state index contributed by atoms with van der Waals surface area (Å²) in [4.78, 5) is 74.8. The number of fused-ring (bicyclic) bond motifs is 2. The summed E-state index contributed by atoms with van der Waals surface area (Å²) < 4.78 is 0. The van der Waals surface area contributed by atoms with Gasteiger partial charge in [-0.1, -0.05) is 95.1 Å². The molecule has 0 radical (unpaired) electrons. The van der Waals surface area contributed by atoms with Crippen molar-refractivity contribution in [2.75, 3.05) is 47.7 Å². The second kappa shape index (κ2) is 29.8. The normalized spacial score (nSPS) is 18.4. The number of carbonyl (C=O) groups excluding carboxylic acids is 4. The molecule has 8 aromatic rings. The van der Waals surface area contributed by atoms with E-state index in [1.165, 1.54) is 12.2 Å². The highest BCUT2D eigenvalue weighted by molar-refractivity contribution is 9.09. The van der Waals surface area contributed by atoms with E-state index in [4.69, 9.17) is 50.5 Å². The lowest BCUT2D eigenvalue weighted by atomic mass is 9.80. The number of nitrogens with one attached hydrogen (secondary N) is 7. The number of aromatic amines is 2. The molecule has 84 heavy (non-hydrogen) atoms. The fourth-order valence-corrected chi connectivity index (χ4v) is 11.0. The van der Waals surface area contributed by atoms with Gasteiger partial charge in [-0.3, -0.25) is 19.2 Å². The molecule has 3 amide bonds. The highest BCUT2D eigenvalue weighted by Crippen LogP contribution is 2.36. The van der Waals surface area contributed by atoms with E-state index in [2.05, 4.69) is 76.3 Å². The molecule has 4 heterocycles. The van der Waals surface area contributed by atoms with E-state index >= 15 is 0 Å². The maximum absolute atomic E-state index is 13.2. The van der Waals surface area contributed by atoms with Gasteiger partial charge in [0.05, 0.1) is 33.8 Å². The van der Waals surface area contributed by atoms with Gasteiger partial charge in [0, 0.05) is 109 Å². The van der Waals surface area contributed by atoms with Gasteiger partial charge in [0.1, 0.15) is 0 Å². The number of hydrogen-bond acceptors (Lipinski definition) is 12. The second-order valence-electron chi connectivity index (χ2n) is 21.4. The highest BCUT2D eigenvalue weighted by Gasteiger charge is 2.36. The Labute approximate surface area is 513 Å². The molecular formula is C63H71BrCl3N13O4. The van der Waals surface area contributed by atoms with Crippen molar-refractivity contribution in [1.29, 1.82) is 0 Å². The van der Waals surface area contributed by atoms with Gasteiger partial charge in [-0.15, -0.1) is 0 Å². The molecule has 2 aliphatic carbocycles. The molecule has 10 rings (SSSR count). The summed E-state index contributed by atoms with van der Waals surface area (Å²) in [5.41, 5.74) is 12.7. The molecule has 4 aromatic heterocycles. The lowest BCUT2D eigenvalue weighted by Crippen LogP contribution is -2.51. The maximum Gasteiger partial charge on any atom is 0.251 e. The number of nitrogen functional groups attached to an aromatic ring is 1. The maximum atomic E-state index is 13.2. The smallest absolute Gasteiger partial charge is 0.251 e. The standard InChI is InChI=1S/C32H36ClN7O2.C26H27ClN6O.C4H4BrClO.CH4/c1-32(39-30(42)21-12-14-22(15-13-21)36-28(41)11-7-17-40(2)3)16-6-8-23(18-32)37-31-35-20-26(33)29(38-31)25-19-34-27-10-5-4-9-24(25)27;1-26(33-24(34)16-8-10-17(28)11-9-16)12-4-5-18(13-26)31-25-30-15-21(27)23(32-25)20-14-29-22-7-3-2-6-19(20)22;5-3-1-2-4(6)7;/h4-5,7,9-15,19-20,23,34H,6,8,16-18H2,1-3H3,(H,36,41)(H,39,42)(H,35,37,38);2-3,6-11,14-15,18,29H,4-5,12-13,28H2,1H3,(H,33,34)(H,30,31,32);1-2H,3H2;1H4/b11-7+;;2-1+;. The number of alkyl halides is 1. The second-order valence-corrected chi connectivity index (χ2v) is 23.2. The van der Waals surface area contributed by atoms with Gasteiger partial charge in [0.2, 0.25) is 23.0 Å². The van der Waals surface area contributed by atoms with Crippen LogP contribution < -0.4 is 32.3 Å². The minimum absolute atomic E-state index is 0. The van der Waals surface area contributed by atoms with Crippen LogP contribution in [0.1, 0.15) is 93.4 Å². The van der Waals surface area contributed by atoms with Crippen LogP contribution in [0.2, 0.25) is 10.0 Å². The number of amides is 3. The fraction of sp³-hybridized carbons (Fsp3) is 0.302. The first kappa shape index (κ1) is 64.0. The van der Waals surface area contributed by atoms with Crippen LogP contribution in [0.5, 0.6) is 0 Å². The Hall–Kier alpha value is -7.61. The predicted octanol–water partition coefficient (Wildman–Crippen LogP) is 13.6. The average Bonchev–Trinajstić information content (AvgIpc) is 4.27. The number of likely N-dealkylation sites (N-methyl/N-ethyl adjacent to an activating group) is 1. The molecule has 4 aromatic carbocycles. The first-order valence-corrected chi connectivity index (χ1v) is 29.5. The quantitative estimate of drug-likeness (QED) is 0.0195. The Balaban J connectivity index is 0.000000217. The van der Waals surface area contributed by atoms with Gasteiger partial charge in [0.25, 0.3) is 11.8 Å². The minimum Gasteiger partial charge on any atom is -0.399 e. The Morgan fingerprint density at radius 1 is 0.690 bits per heavy atom. The van der Waals surface area contributed by atoms with Crippen molar-refractivity contribution >= 4 is 119 Å². The van der Waals surface area contributed by atoms with Crippen molar-refractivity contribution in [3.05, 3.63) is 167 Å². The third-order valence-corrected chi connectivity index (χ3v) is 15.3. The van der Waals surface area contributed by atoms with E-state index in [-0.39, 0.29) is 42.8 Å². The predicted molar refractivity (Wildman–Crippen MR) is 346 cm³/mol. The van der Waals surface area contributed by atoms with Crippen LogP contribution >= 0.6 is 50.7 Å². The Kier molecular flexibility index (Phi) is 22.7. The number of allylic oxidation sites excluding steroid dienone is 2. The van der Waals surface area contributed by atoms with Gasteiger partial charge < -0.3 is 47.2 Å². The van der Waals surface area contributed by atoms with Gasteiger partial charge in [-0.25, -0.2) is 19.9 Å². The lowest BCUT2D eigenvalue weighted by molar-refractivity contribution is -0.112. The van der Waals surface area contributed by atoms with Crippen LogP contribution in [0.25, 0.3) is 44.3 Å². The first-order valence-electron chi connectivity index (χ1n) is 27.2. The number of benzene rings is 4. The zero-order valence-electron chi connectivity index (χ0n) is 46.5. The van der Waals surface area contributed by atoms with Crippen molar-refractivity contribution in [3.8, 4) is 22.5 Å². The van der Waals surface area contributed by atoms with E-state index < -0.39 is 10.8 Å². The zero-order valence-corrected chi connectivity index (χ0v) is 50.4. The number of nitrogens with zero attached hydrogens (tertiary/aromatic N) is 5. The van der Waals surface area contributed by atoms with Crippen LogP contribution in [-0.2, 0) is 9.59 Å². The van der Waals surface area contributed by atoms with Crippen molar-refractivity contribution < 1.29 is 19.2 Å². The number of anilines is 4. The van der Waals surface area contributed by atoms with E-state index in [0.717, 1.165) is 84.3 Å². The monoisotopic (exact) mass is 1260 g/mol. The van der Waals surface area contributed by atoms with Crippen LogP contribution in [0, 0.1) is 0 Å². The molecule has 9 N–H and O–H groups in total. The van der Waals surface area contributed by atoms with E-state index in [0.29, 0.717) is 67.7 Å². The molecule has 0 spiro atoms. The lowest BCUT2D eigenvalue weighted by Gasteiger charge is -2.39. The summed E-state index contributed by atoms with van der Waals surface area (Å²) in [7, 11) is 3.87. The number of aromatic nitrogens is 6. The molecule has 2 saturated carbocycles. The minimum atomic E-state index is -0.431. The molecule has 4 unspecified atom stereocenters. The molecule has 21 heteroatoms. The van der Waals surface area contributed by atoms with E-state index in [1.807, 2.05) is 79.9 Å². The number of H-pyrrole nitrogens is 2. The highest BCUT2D eigenvalue weighted by atomic mass is 79.9. The van der Waals surface area contributed by atoms with Crippen LogP contribution in [-0.4, -0.2) is 107 Å². The molecular weight excluding hydrogens is 1190 g/mol. The van der Waals surface area contributed by atoms with Gasteiger partial charge in [-0.05, 0) is 158 Å². The third kappa shape index (κ3) is 17.7. The number of nitrogens with two attached hydrogens (primary N) is 1. The summed E-state index contributed by atoms with van der Waals surface area (Å²) in [6.07, 6.45) is 20.5. The van der Waals surface area contributed by atoms with E-state index in [1.54, 1.807) is 73.1 Å². The van der Waals surface area contributed by atoms with Crippen LogP contribution in [0.3, 0.4) is 0 Å². The molecule has 0 saturated heterocycles. The van der Waals surface area contributed by atoms with Gasteiger partial charge in [0.15, 0.2) is 0 Å². The topological polar surface area (TPSA) is 241 Å². The molecule has 0 bridgehead atoms. The van der Waals surface area contributed by atoms with Gasteiger partial charge >= 0.3 is 0 Å². The Morgan fingerprint density at radius 3 is 1.60 bits per heavy atom. The molecule has 2 fully saturated rings. The number of carbonyl (C=O) groups is 4. The summed E-state index contributed by atoms with van der Waals surface area (Å²) in [5, 5.41) is 19.6. The number of rotatable bonds is 16. The molecule has 4 atom stereocenters. The summed E-state index contributed by atoms with van der Waals surface area (Å²) in [6, 6.07) is 30.2. The molecule has 0 aliphatic heterocycles. The number of para-hydroxylation sites is 2. The van der Waals surface area contributed by atoms with Crippen molar-refractivity contribution in [2.24, 2.45) is 0 Å². The number of halogens is 4. The Bertz CT molecular complexity index is 3610. The van der Waals surface area contributed by atoms with Crippen LogP contribution in [0.4, 0.5) is 23.3 Å². The molecule has 17 nitrogen and oxygen atoms in total. The van der Waals surface area contributed by atoms with Gasteiger partial charge in [-0.2, -0.15) is 0 Å². The zero-order chi connectivity index (χ0) is 59.1. The fourth-order valence-electron chi connectivity index (χ4n) is 10.3. The van der Waals surface area contributed by atoms with Crippen molar-refractivity contribution in [1.82, 2.24) is 45.4 Å². The first-order chi connectivity index (χ1) is 39.9. The third-order valence-electron chi connectivity index (χ3n) is 14.3. The number of hydrogen-bond donors (Lipinski definition) is 8. The van der Waals surface area contributed by atoms with Crippen LogP contribution in [0.15, 0.2) is 146 Å². The summed E-state index contributed by atoms with van der Waals surface area (Å²) in [5.74, 6) is 0.595. The van der Waals surface area contributed by atoms with Crippen molar-refractivity contribution in [2.45, 2.75) is 95.8 Å².